The van der Waals surface area contributed by atoms with Crippen molar-refractivity contribution in [2.75, 3.05) is 31.1 Å². The molecule has 7 nitrogen and oxygen atoms in total. The van der Waals surface area contributed by atoms with Gasteiger partial charge in [0, 0.05) is 25.3 Å². The molecule has 1 aromatic heterocycles. The molecule has 32 heavy (non-hydrogen) atoms. The zero-order chi connectivity index (χ0) is 22.7. The third-order valence-corrected chi connectivity index (χ3v) is 8.74. The molecule has 0 bridgehead atoms. The SMILES string of the molecule is CCN(CC)S(=O)(=O)c1ccc(C(=O)N(CC2CCCO2)c2nc3ccccc3s2)cc1. The molecule has 9 heteroatoms. The second-order valence-electron chi connectivity index (χ2n) is 7.63. The highest BCUT2D eigenvalue weighted by molar-refractivity contribution is 7.89. The van der Waals surface area contributed by atoms with E-state index in [0.29, 0.717) is 36.9 Å². The van der Waals surface area contributed by atoms with E-state index in [9.17, 15) is 13.2 Å². The van der Waals surface area contributed by atoms with Crippen LogP contribution in [0, 0.1) is 0 Å². The number of nitrogens with zero attached hydrogens (tertiary/aromatic N) is 3. The topological polar surface area (TPSA) is 79.8 Å². The predicted octanol–water partition coefficient (Wildman–Crippen LogP) is 4.15. The smallest absolute Gasteiger partial charge is 0.260 e. The van der Waals surface area contributed by atoms with Crippen molar-refractivity contribution < 1.29 is 17.9 Å². The van der Waals surface area contributed by atoms with Gasteiger partial charge in [0.25, 0.3) is 5.91 Å². The number of anilines is 1. The van der Waals surface area contributed by atoms with Gasteiger partial charge in [-0.05, 0) is 49.2 Å². The van der Waals surface area contributed by atoms with Crippen molar-refractivity contribution in [3.8, 4) is 0 Å². The maximum absolute atomic E-state index is 13.5. The summed E-state index contributed by atoms with van der Waals surface area (Å²) in [5.74, 6) is -0.216. The summed E-state index contributed by atoms with van der Waals surface area (Å²) >= 11 is 1.46. The minimum atomic E-state index is -3.57. The summed E-state index contributed by atoms with van der Waals surface area (Å²) in [6, 6.07) is 13.9. The first kappa shape index (κ1) is 22.8. The Bertz CT molecular complexity index is 1150. The van der Waals surface area contributed by atoms with E-state index in [1.165, 1.54) is 27.8 Å². The van der Waals surface area contributed by atoms with Gasteiger partial charge in [0.05, 0.1) is 27.8 Å². The minimum Gasteiger partial charge on any atom is -0.376 e. The zero-order valence-corrected chi connectivity index (χ0v) is 19.9. The number of amides is 1. The maximum atomic E-state index is 13.5. The van der Waals surface area contributed by atoms with Crippen molar-refractivity contribution in [2.45, 2.75) is 37.7 Å². The van der Waals surface area contributed by atoms with Crippen LogP contribution in [-0.4, -0.2) is 56.0 Å². The van der Waals surface area contributed by atoms with E-state index in [1.807, 2.05) is 24.3 Å². The fourth-order valence-corrected chi connectivity index (χ4v) is 6.28. The number of para-hydroxylation sites is 1. The van der Waals surface area contributed by atoms with E-state index in [-0.39, 0.29) is 16.9 Å². The van der Waals surface area contributed by atoms with Crippen molar-refractivity contribution in [1.29, 1.82) is 0 Å². The normalized spacial score (nSPS) is 16.7. The number of hydrogen-bond donors (Lipinski definition) is 0. The molecule has 2 aromatic carbocycles. The number of thiazole rings is 1. The number of fused-ring (bicyclic) bond motifs is 1. The number of carbonyl (C=O) groups is 1. The first-order valence-electron chi connectivity index (χ1n) is 10.8. The van der Waals surface area contributed by atoms with E-state index in [1.54, 1.807) is 30.9 Å². The van der Waals surface area contributed by atoms with E-state index in [0.717, 1.165) is 23.1 Å². The maximum Gasteiger partial charge on any atom is 0.260 e. The molecule has 1 aliphatic heterocycles. The van der Waals surface area contributed by atoms with Crippen LogP contribution >= 0.6 is 11.3 Å². The fraction of sp³-hybridized carbons (Fsp3) is 0.391. The number of hydrogen-bond acceptors (Lipinski definition) is 6. The molecule has 1 saturated heterocycles. The van der Waals surface area contributed by atoms with Crippen LogP contribution in [0.4, 0.5) is 5.13 Å². The van der Waals surface area contributed by atoms with Gasteiger partial charge in [-0.1, -0.05) is 37.3 Å². The average Bonchev–Trinajstić information content (AvgIpc) is 3.47. The molecule has 0 aliphatic carbocycles. The lowest BCUT2D eigenvalue weighted by Gasteiger charge is -2.23. The highest BCUT2D eigenvalue weighted by Crippen LogP contribution is 2.31. The second kappa shape index (κ2) is 9.66. The molecule has 0 saturated carbocycles. The van der Waals surface area contributed by atoms with Gasteiger partial charge in [-0.25, -0.2) is 13.4 Å². The van der Waals surface area contributed by atoms with Crippen LogP contribution in [0.25, 0.3) is 10.2 Å². The fourth-order valence-electron chi connectivity index (χ4n) is 3.85. The Labute approximate surface area is 192 Å². The Hall–Kier alpha value is -2.33. The summed E-state index contributed by atoms with van der Waals surface area (Å²) in [5.41, 5.74) is 1.26. The molecule has 0 spiro atoms. The number of sulfonamides is 1. The van der Waals surface area contributed by atoms with Crippen LogP contribution in [0.15, 0.2) is 53.4 Å². The van der Waals surface area contributed by atoms with Crippen molar-refractivity contribution in [3.63, 3.8) is 0 Å². The first-order valence-corrected chi connectivity index (χ1v) is 13.1. The molecule has 1 fully saturated rings. The standard InChI is InChI=1S/C23H27N3O4S2/c1-3-25(4-2)32(28,29)19-13-11-17(12-14-19)22(27)26(16-18-8-7-15-30-18)23-24-20-9-5-6-10-21(20)31-23/h5-6,9-14,18H,3-4,7-8,15-16H2,1-2H3. The van der Waals surface area contributed by atoms with Gasteiger partial charge in [0.2, 0.25) is 10.0 Å². The van der Waals surface area contributed by atoms with E-state index >= 15 is 0 Å². The highest BCUT2D eigenvalue weighted by Gasteiger charge is 2.28. The average molecular weight is 474 g/mol. The van der Waals surface area contributed by atoms with Crippen LogP contribution in [0.1, 0.15) is 37.0 Å². The second-order valence-corrected chi connectivity index (χ2v) is 10.6. The van der Waals surface area contributed by atoms with E-state index in [4.69, 9.17) is 4.74 Å². The largest absolute Gasteiger partial charge is 0.376 e. The number of aromatic nitrogens is 1. The number of benzene rings is 2. The summed E-state index contributed by atoms with van der Waals surface area (Å²) in [7, 11) is -3.57. The predicted molar refractivity (Wildman–Crippen MR) is 127 cm³/mol. The monoisotopic (exact) mass is 473 g/mol. The lowest BCUT2D eigenvalue weighted by molar-refractivity contribution is 0.0917. The third kappa shape index (κ3) is 4.56. The summed E-state index contributed by atoms with van der Waals surface area (Å²) < 4.78 is 33.7. The molecule has 1 atom stereocenters. The lowest BCUT2D eigenvalue weighted by atomic mass is 10.2. The van der Waals surface area contributed by atoms with Crippen molar-refractivity contribution in [1.82, 2.24) is 9.29 Å². The lowest BCUT2D eigenvalue weighted by Crippen LogP contribution is -2.37. The van der Waals surface area contributed by atoms with Crippen molar-refractivity contribution in [3.05, 3.63) is 54.1 Å². The van der Waals surface area contributed by atoms with Crippen molar-refractivity contribution in [2.24, 2.45) is 0 Å². The highest BCUT2D eigenvalue weighted by atomic mass is 32.2. The Morgan fingerprint density at radius 2 is 1.84 bits per heavy atom. The molecule has 170 valence electrons. The van der Waals surface area contributed by atoms with Crippen LogP contribution in [0.5, 0.6) is 0 Å². The molecule has 1 aliphatic rings. The van der Waals surface area contributed by atoms with Gasteiger partial charge in [0.1, 0.15) is 0 Å². The summed E-state index contributed by atoms with van der Waals surface area (Å²) in [5, 5.41) is 0.617. The number of ether oxygens (including phenoxy) is 1. The molecular formula is C23H27N3O4S2. The zero-order valence-electron chi connectivity index (χ0n) is 18.2. The Morgan fingerprint density at radius 1 is 1.12 bits per heavy atom. The molecule has 1 amide bonds. The molecule has 4 rings (SSSR count). The van der Waals surface area contributed by atoms with Gasteiger partial charge in [-0.2, -0.15) is 4.31 Å². The Balaban J connectivity index is 1.64. The van der Waals surface area contributed by atoms with Crippen LogP contribution < -0.4 is 4.90 Å². The molecule has 1 unspecified atom stereocenters. The van der Waals surface area contributed by atoms with Gasteiger partial charge in [0.15, 0.2) is 5.13 Å². The third-order valence-electron chi connectivity index (χ3n) is 5.61. The van der Waals surface area contributed by atoms with Gasteiger partial charge in [-0.3, -0.25) is 9.69 Å². The van der Waals surface area contributed by atoms with E-state index < -0.39 is 10.0 Å². The molecule has 2 heterocycles. The van der Waals surface area contributed by atoms with Gasteiger partial charge < -0.3 is 4.74 Å². The molecular weight excluding hydrogens is 446 g/mol. The van der Waals surface area contributed by atoms with Crippen LogP contribution in [0.3, 0.4) is 0 Å². The number of carbonyl (C=O) groups excluding carboxylic acids is 1. The Morgan fingerprint density at radius 3 is 2.47 bits per heavy atom. The Kier molecular flexibility index (Phi) is 6.90. The van der Waals surface area contributed by atoms with Crippen LogP contribution in [0.2, 0.25) is 0 Å². The first-order chi connectivity index (χ1) is 15.4. The molecule has 0 radical (unpaired) electrons. The molecule has 0 N–H and O–H groups in total. The summed E-state index contributed by atoms with van der Waals surface area (Å²) in [6.45, 7) is 5.51. The van der Waals surface area contributed by atoms with Crippen molar-refractivity contribution >= 4 is 42.6 Å². The quantitative estimate of drug-likeness (QED) is 0.491. The number of rotatable bonds is 8. The summed E-state index contributed by atoms with van der Waals surface area (Å²) in [6.07, 6.45) is 1.84. The molecule has 3 aromatic rings. The van der Waals surface area contributed by atoms with Crippen LogP contribution in [-0.2, 0) is 14.8 Å². The van der Waals surface area contributed by atoms with E-state index in [2.05, 4.69) is 4.98 Å². The minimum absolute atomic E-state index is 0.0340. The van der Waals surface area contributed by atoms with Gasteiger partial charge >= 0.3 is 0 Å². The van der Waals surface area contributed by atoms with Gasteiger partial charge in [-0.15, -0.1) is 0 Å². The summed E-state index contributed by atoms with van der Waals surface area (Å²) in [4.78, 5) is 20.0.